The van der Waals surface area contributed by atoms with Crippen LogP contribution in [0.15, 0.2) is 30.3 Å². The average Bonchev–Trinajstić information content (AvgIpc) is 2.46. The summed E-state index contributed by atoms with van der Waals surface area (Å²) in [7, 11) is 2.21. The molecule has 0 aliphatic rings. The van der Waals surface area contributed by atoms with Crippen molar-refractivity contribution in [2.75, 3.05) is 26.7 Å². The lowest BCUT2D eigenvalue weighted by molar-refractivity contribution is 0.319. The topological polar surface area (TPSA) is 15.3 Å². The van der Waals surface area contributed by atoms with Crippen LogP contribution in [-0.4, -0.2) is 31.6 Å². The predicted molar refractivity (Wildman–Crippen MR) is 89.0 cm³/mol. The fraction of sp³-hybridized carbons (Fsp3) is 0.667. The van der Waals surface area contributed by atoms with E-state index in [1.54, 1.807) is 0 Å². The van der Waals surface area contributed by atoms with Crippen LogP contribution < -0.4 is 5.32 Å². The third-order valence-corrected chi connectivity index (χ3v) is 3.65. The van der Waals surface area contributed by atoms with Gasteiger partial charge in [-0.15, -0.1) is 0 Å². The van der Waals surface area contributed by atoms with E-state index in [1.807, 2.05) is 0 Å². The highest BCUT2D eigenvalue weighted by atomic mass is 15.1. The van der Waals surface area contributed by atoms with Crippen LogP contribution in [0.3, 0.4) is 0 Å². The minimum Gasteiger partial charge on any atom is -0.317 e. The lowest BCUT2D eigenvalue weighted by atomic mass is 10.1. The summed E-state index contributed by atoms with van der Waals surface area (Å²) in [5.74, 6) is 0. The highest BCUT2D eigenvalue weighted by Gasteiger charge is 1.99. The average molecular weight is 276 g/mol. The van der Waals surface area contributed by atoms with Crippen LogP contribution in [0.4, 0.5) is 0 Å². The molecule has 1 aromatic rings. The molecule has 1 N–H and O–H groups in total. The van der Waals surface area contributed by atoms with Crippen LogP contribution in [0.25, 0.3) is 0 Å². The molecule has 0 radical (unpaired) electrons. The molecule has 0 heterocycles. The molecule has 0 fully saturated rings. The highest BCUT2D eigenvalue weighted by Crippen LogP contribution is 2.03. The maximum atomic E-state index is 3.55. The largest absolute Gasteiger partial charge is 0.317 e. The van der Waals surface area contributed by atoms with E-state index in [1.165, 1.54) is 50.6 Å². The van der Waals surface area contributed by atoms with Crippen molar-refractivity contribution in [1.82, 2.24) is 10.2 Å². The first-order chi connectivity index (χ1) is 9.83. The van der Waals surface area contributed by atoms with Crippen LogP contribution in [-0.2, 0) is 6.54 Å². The SMILES string of the molecule is CCCCCCCNCCCN(C)Cc1ccccc1. The summed E-state index contributed by atoms with van der Waals surface area (Å²) in [6, 6.07) is 10.7. The minimum atomic E-state index is 1.05. The molecule has 1 rings (SSSR count). The Labute approximate surface area is 125 Å². The zero-order chi connectivity index (χ0) is 14.5. The molecule has 0 saturated heterocycles. The molecule has 0 aliphatic heterocycles. The van der Waals surface area contributed by atoms with Crippen molar-refractivity contribution in [2.24, 2.45) is 0 Å². The second-order valence-corrected chi connectivity index (χ2v) is 5.74. The number of rotatable bonds is 12. The molecule has 114 valence electrons. The van der Waals surface area contributed by atoms with Crippen molar-refractivity contribution >= 4 is 0 Å². The quantitative estimate of drug-likeness (QED) is 0.579. The molecular weight excluding hydrogens is 244 g/mol. The summed E-state index contributed by atoms with van der Waals surface area (Å²) in [6.07, 6.45) is 8.08. The van der Waals surface area contributed by atoms with Gasteiger partial charge >= 0.3 is 0 Å². The van der Waals surface area contributed by atoms with Crippen molar-refractivity contribution in [3.8, 4) is 0 Å². The molecule has 0 aliphatic carbocycles. The van der Waals surface area contributed by atoms with Gasteiger partial charge in [-0.3, -0.25) is 0 Å². The van der Waals surface area contributed by atoms with Crippen molar-refractivity contribution in [2.45, 2.75) is 52.0 Å². The van der Waals surface area contributed by atoms with Gasteiger partial charge in [-0.25, -0.2) is 0 Å². The number of hydrogen-bond acceptors (Lipinski definition) is 2. The fourth-order valence-electron chi connectivity index (χ4n) is 2.43. The smallest absolute Gasteiger partial charge is 0.0230 e. The Balaban J connectivity index is 1.91. The van der Waals surface area contributed by atoms with Crippen molar-refractivity contribution < 1.29 is 0 Å². The van der Waals surface area contributed by atoms with Gasteiger partial charge in [0.05, 0.1) is 0 Å². The summed E-state index contributed by atoms with van der Waals surface area (Å²) in [6.45, 7) is 6.82. The second-order valence-electron chi connectivity index (χ2n) is 5.74. The summed E-state index contributed by atoms with van der Waals surface area (Å²) in [5.41, 5.74) is 1.40. The molecule has 2 heteroatoms. The van der Waals surface area contributed by atoms with E-state index in [9.17, 15) is 0 Å². The normalized spacial score (nSPS) is 11.2. The number of nitrogens with one attached hydrogen (secondary N) is 1. The number of nitrogens with zero attached hydrogens (tertiary/aromatic N) is 1. The van der Waals surface area contributed by atoms with Crippen LogP contribution in [0.1, 0.15) is 51.0 Å². The van der Waals surface area contributed by atoms with Gasteiger partial charge in [0.1, 0.15) is 0 Å². The Hall–Kier alpha value is -0.860. The first kappa shape index (κ1) is 17.2. The molecular formula is C18H32N2. The summed E-state index contributed by atoms with van der Waals surface area (Å²) >= 11 is 0. The van der Waals surface area contributed by atoms with Crippen molar-refractivity contribution in [3.63, 3.8) is 0 Å². The summed E-state index contributed by atoms with van der Waals surface area (Å²) in [5, 5.41) is 3.55. The zero-order valence-corrected chi connectivity index (χ0v) is 13.4. The minimum absolute atomic E-state index is 1.05. The number of benzene rings is 1. The fourth-order valence-corrected chi connectivity index (χ4v) is 2.43. The number of unbranched alkanes of at least 4 members (excludes halogenated alkanes) is 4. The van der Waals surface area contributed by atoms with E-state index in [2.05, 4.69) is 54.5 Å². The van der Waals surface area contributed by atoms with Crippen molar-refractivity contribution in [3.05, 3.63) is 35.9 Å². The van der Waals surface area contributed by atoms with E-state index in [4.69, 9.17) is 0 Å². The predicted octanol–water partition coefficient (Wildman–Crippen LogP) is 4.07. The monoisotopic (exact) mass is 276 g/mol. The molecule has 0 bridgehead atoms. The highest BCUT2D eigenvalue weighted by molar-refractivity contribution is 5.14. The Kier molecular flexibility index (Phi) is 10.3. The molecule has 0 spiro atoms. The van der Waals surface area contributed by atoms with Gasteiger partial charge in [0.15, 0.2) is 0 Å². The lowest BCUT2D eigenvalue weighted by Gasteiger charge is -2.16. The standard InChI is InChI=1S/C18H32N2/c1-3-4-5-6-10-14-19-15-11-16-20(2)17-18-12-8-7-9-13-18/h7-9,12-13,19H,3-6,10-11,14-17H2,1-2H3. The van der Waals surface area contributed by atoms with E-state index >= 15 is 0 Å². The summed E-state index contributed by atoms with van der Waals surface area (Å²) in [4.78, 5) is 2.40. The molecule has 0 saturated carbocycles. The van der Waals surface area contributed by atoms with Gasteiger partial charge in [-0.2, -0.15) is 0 Å². The van der Waals surface area contributed by atoms with Crippen LogP contribution in [0.5, 0.6) is 0 Å². The Morgan fingerprint density at radius 2 is 1.60 bits per heavy atom. The maximum absolute atomic E-state index is 3.55. The molecule has 0 aromatic heterocycles. The van der Waals surface area contributed by atoms with E-state index in [0.29, 0.717) is 0 Å². The van der Waals surface area contributed by atoms with Crippen LogP contribution in [0.2, 0.25) is 0 Å². The third kappa shape index (κ3) is 9.11. The molecule has 2 nitrogen and oxygen atoms in total. The first-order valence-electron chi connectivity index (χ1n) is 8.26. The Morgan fingerprint density at radius 3 is 2.35 bits per heavy atom. The third-order valence-electron chi connectivity index (χ3n) is 3.65. The van der Waals surface area contributed by atoms with Crippen LogP contribution in [0, 0.1) is 0 Å². The van der Waals surface area contributed by atoms with E-state index in [0.717, 1.165) is 19.6 Å². The van der Waals surface area contributed by atoms with Crippen LogP contribution >= 0.6 is 0 Å². The molecule has 1 aromatic carbocycles. The summed E-state index contributed by atoms with van der Waals surface area (Å²) < 4.78 is 0. The van der Waals surface area contributed by atoms with Gasteiger partial charge in [-0.1, -0.05) is 62.9 Å². The number of hydrogen-bond donors (Lipinski definition) is 1. The van der Waals surface area contributed by atoms with Gasteiger partial charge in [0.2, 0.25) is 0 Å². The van der Waals surface area contributed by atoms with E-state index < -0.39 is 0 Å². The second kappa shape index (κ2) is 11.9. The lowest BCUT2D eigenvalue weighted by Crippen LogP contribution is -2.24. The van der Waals surface area contributed by atoms with E-state index in [-0.39, 0.29) is 0 Å². The Bertz CT molecular complexity index is 310. The van der Waals surface area contributed by atoms with Gasteiger partial charge < -0.3 is 10.2 Å². The van der Waals surface area contributed by atoms with Gasteiger partial charge in [-0.05, 0) is 45.1 Å². The maximum Gasteiger partial charge on any atom is 0.0230 e. The van der Waals surface area contributed by atoms with Gasteiger partial charge in [0, 0.05) is 6.54 Å². The molecule has 0 unspecified atom stereocenters. The molecule has 20 heavy (non-hydrogen) atoms. The van der Waals surface area contributed by atoms with Gasteiger partial charge in [0.25, 0.3) is 0 Å². The zero-order valence-electron chi connectivity index (χ0n) is 13.4. The Morgan fingerprint density at radius 1 is 0.900 bits per heavy atom. The molecule has 0 atom stereocenters. The molecule has 0 amide bonds. The first-order valence-corrected chi connectivity index (χ1v) is 8.26. The van der Waals surface area contributed by atoms with Crippen molar-refractivity contribution in [1.29, 1.82) is 0 Å².